The van der Waals surface area contributed by atoms with Crippen molar-refractivity contribution < 1.29 is 4.79 Å². The molecule has 1 N–H and O–H groups in total. The van der Waals surface area contributed by atoms with Crippen LogP contribution in [-0.4, -0.2) is 33.0 Å². The largest absolute Gasteiger partial charge is 0.355 e. The summed E-state index contributed by atoms with van der Waals surface area (Å²) in [4.78, 5) is 12.8. The van der Waals surface area contributed by atoms with Crippen molar-refractivity contribution in [3.05, 3.63) is 144 Å². The number of hydrogen-bond donors (Lipinski definition) is 1. The van der Waals surface area contributed by atoms with Crippen LogP contribution >= 0.6 is 11.8 Å². The number of amides is 1. The summed E-state index contributed by atoms with van der Waals surface area (Å²) >= 11 is 1.41. The van der Waals surface area contributed by atoms with Gasteiger partial charge in [-0.3, -0.25) is 9.36 Å². The number of carbonyl (C=O) groups excluding carboxylic acids is 1. The van der Waals surface area contributed by atoms with E-state index in [1.807, 2.05) is 65.2 Å². The van der Waals surface area contributed by atoms with Gasteiger partial charge < -0.3 is 5.32 Å². The molecule has 0 bridgehead atoms. The lowest BCUT2D eigenvalue weighted by Gasteiger charge is -2.18. The van der Waals surface area contributed by atoms with Crippen molar-refractivity contribution in [2.75, 3.05) is 12.3 Å². The van der Waals surface area contributed by atoms with Gasteiger partial charge in [0.1, 0.15) is 5.82 Å². The summed E-state index contributed by atoms with van der Waals surface area (Å²) in [5.41, 5.74) is 4.66. The van der Waals surface area contributed by atoms with Crippen molar-refractivity contribution in [1.29, 1.82) is 0 Å². The van der Waals surface area contributed by atoms with Gasteiger partial charge in [-0.05, 0) is 35.2 Å². The Balaban J connectivity index is 1.23. The smallest absolute Gasteiger partial charge is 0.230 e. The first kappa shape index (κ1) is 25.5. The molecule has 5 rings (SSSR count). The van der Waals surface area contributed by atoms with Crippen molar-refractivity contribution in [3.63, 3.8) is 0 Å². The van der Waals surface area contributed by atoms with Crippen molar-refractivity contribution in [1.82, 2.24) is 20.1 Å². The summed E-state index contributed by atoms with van der Waals surface area (Å²) in [5.74, 6) is 1.34. The number of para-hydroxylation sites is 1. The fourth-order valence-corrected chi connectivity index (χ4v) is 5.36. The van der Waals surface area contributed by atoms with Gasteiger partial charge in [-0.15, -0.1) is 10.2 Å². The Hall–Kier alpha value is -4.16. The topological polar surface area (TPSA) is 59.8 Å². The van der Waals surface area contributed by atoms with E-state index < -0.39 is 0 Å². The average Bonchev–Trinajstić information content (AvgIpc) is 3.38. The molecule has 0 fully saturated rings. The minimum Gasteiger partial charge on any atom is -0.355 e. The number of rotatable bonds is 11. The molecule has 6 heteroatoms. The first-order valence-electron chi connectivity index (χ1n) is 12.8. The van der Waals surface area contributed by atoms with E-state index in [1.54, 1.807) is 0 Å². The van der Waals surface area contributed by atoms with Gasteiger partial charge in [0, 0.05) is 24.6 Å². The maximum atomic E-state index is 12.8. The number of benzene rings is 4. The molecule has 0 spiro atoms. The lowest BCUT2D eigenvalue weighted by molar-refractivity contribution is -0.118. The van der Waals surface area contributed by atoms with Crippen LogP contribution in [-0.2, 0) is 11.2 Å². The predicted molar refractivity (Wildman–Crippen MR) is 154 cm³/mol. The lowest BCUT2D eigenvalue weighted by atomic mass is 9.88. The normalized spacial score (nSPS) is 11.0. The first-order valence-corrected chi connectivity index (χ1v) is 13.8. The monoisotopic (exact) mass is 518 g/mol. The van der Waals surface area contributed by atoms with E-state index in [2.05, 4.69) is 76.2 Å². The third-order valence-electron chi connectivity index (χ3n) is 6.41. The molecule has 38 heavy (non-hydrogen) atoms. The highest BCUT2D eigenvalue weighted by Crippen LogP contribution is 2.27. The number of carbonyl (C=O) groups is 1. The van der Waals surface area contributed by atoms with E-state index in [9.17, 15) is 4.79 Å². The minimum absolute atomic E-state index is 0.0119. The zero-order valence-electron chi connectivity index (χ0n) is 21.1. The molecule has 0 aliphatic carbocycles. The maximum Gasteiger partial charge on any atom is 0.230 e. The van der Waals surface area contributed by atoms with E-state index in [-0.39, 0.29) is 17.6 Å². The Bertz CT molecular complexity index is 1380. The first-order chi connectivity index (χ1) is 18.8. The Morgan fingerprint density at radius 1 is 0.737 bits per heavy atom. The molecular weight excluding hydrogens is 488 g/mol. The standard InChI is InChI=1S/C32H30N4OS/c37-31(33-22-21-29(26-15-7-2-8-16-26)27-17-9-3-10-18-27)24-38-32-35-34-30(23-25-13-5-1-6-14-25)36(32)28-19-11-4-12-20-28/h1-20,29H,21-24H2,(H,33,37). The minimum atomic E-state index is -0.0119. The van der Waals surface area contributed by atoms with Crippen LogP contribution in [0.2, 0.25) is 0 Å². The Morgan fingerprint density at radius 2 is 1.29 bits per heavy atom. The van der Waals surface area contributed by atoms with Crippen LogP contribution in [0, 0.1) is 0 Å². The lowest BCUT2D eigenvalue weighted by Crippen LogP contribution is -2.27. The molecule has 1 heterocycles. The number of aromatic nitrogens is 3. The number of thioether (sulfide) groups is 1. The van der Waals surface area contributed by atoms with Crippen molar-refractivity contribution >= 4 is 17.7 Å². The second-order valence-corrected chi connectivity index (χ2v) is 9.98. The average molecular weight is 519 g/mol. The third-order valence-corrected chi connectivity index (χ3v) is 7.34. The van der Waals surface area contributed by atoms with E-state index in [0.717, 1.165) is 23.5 Å². The van der Waals surface area contributed by atoms with Crippen LogP contribution in [0.15, 0.2) is 126 Å². The molecule has 4 aromatic carbocycles. The van der Waals surface area contributed by atoms with Gasteiger partial charge in [0.05, 0.1) is 5.75 Å². The molecule has 0 saturated carbocycles. The molecule has 190 valence electrons. The number of hydrogen-bond acceptors (Lipinski definition) is 4. The van der Waals surface area contributed by atoms with Gasteiger partial charge in [0.2, 0.25) is 5.91 Å². The Morgan fingerprint density at radius 3 is 1.89 bits per heavy atom. The molecule has 0 atom stereocenters. The molecule has 0 aliphatic rings. The summed E-state index contributed by atoms with van der Waals surface area (Å²) < 4.78 is 2.05. The molecule has 5 aromatic rings. The molecule has 0 aliphatic heterocycles. The molecule has 1 aromatic heterocycles. The quantitative estimate of drug-likeness (QED) is 0.209. The van der Waals surface area contributed by atoms with Crippen LogP contribution < -0.4 is 5.32 Å². The third kappa shape index (κ3) is 6.58. The van der Waals surface area contributed by atoms with Crippen LogP contribution in [0.1, 0.15) is 34.9 Å². The second-order valence-electron chi connectivity index (χ2n) is 9.03. The van der Waals surface area contributed by atoms with E-state index in [0.29, 0.717) is 18.1 Å². The van der Waals surface area contributed by atoms with Gasteiger partial charge >= 0.3 is 0 Å². The van der Waals surface area contributed by atoms with Gasteiger partial charge in [0.15, 0.2) is 5.16 Å². The summed E-state index contributed by atoms with van der Waals surface area (Å²) in [5, 5.41) is 12.7. The molecule has 0 saturated heterocycles. The summed E-state index contributed by atoms with van der Waals surface area (Å²) in [6, 6.07) is 41.2. The van der Waals surface area contributed by atoms with Crippen LogP contribution in [0.3, 0.4) is 0 Å². The molecular formula is C32H30N4OS. The van der Waals surface area contributed by atoms with Crippen LogP contribution in [0.25, 0.3) is 5.69 Å². The highest BCUT2D eigenvalue weighted by Gasteiger charge is 2.17. The summed E-state index contributed by atoms with van der Waals surface area (Å²) in [7, 11) is 0. The van der Waals surface area contributed by atoms with Gasteiger partial charge in [-0.2, -0.15) is 0 Å². The number of nitrogens with zero attached hydrogens (tertiary/aromatic N) is 3. The molecule has 0 unspecified atom stereocenters. The van der Waals surface area contributed by atoms with Crippen molar-refractivity contribution in [3.8, 4) is 5.69 Å². The Kier molecular flexibility index (Phi) is 8.64. The molecule has 1 amide bonds. The zero-order chi connectivity index (χ0) is 26.0. The summed E-state index contributed by atoms with van der Waals surface area (Å²) in [6.07, 6.45) is 1.49. The van der Waals surface area contributed by atoms with Gasteiger partial charge in [0.25, 0.3) is 0 Å². The fraction of sp³-hybridized carbons (Fsp3) is 0.156. The molecule has 0 radical (unpaired) electrons. The van der Waals surface area contributed by atoms with Crippen LogP contribution in [0.5, 0.6) is 0 Å². The van der Waals surface area contributed by atoms with Gasteiger partial charge in [-0.25, -0.2) is 0 Å². The second kappa shape index (κ2) is 12.9. The van der Waals surface area contributed by atoms with E-state index in [1.165, 1.54) is 22.9 Å². The van der Waals surface area contributed by atoms with E-state index in [4.69, 9.17) is 0 Å². The van der Waals surface area contributed by atoms with Crippen molar-refractivity contribution in [2.45, 2.75) is 23.9 Å². The zero-order valence-corrected chi connectivity index (χ0v) is 21.9. The maximum absolute atomic E-state index is 12.8. The Labute approximate surface area is 228 Å². The highest BCUT2D eigenvalue weighted by molar-refractivity contribution is 7.99. The highest BCUT2D eigenvalue weighted by atomic mass is 32.2. The van der Waals surface area contributed by atoms with Crippen molar-refractivity contribution in [2.24, 2.45) is 0 Å². The predicted octanol–water partition coefficient (Wildman–Crippen LogP) is 6.29. The van der Waals surface area contributed by atoms with E-state index >= 15 is 0 Å². The number of nitrogens with one attached hydrogen (secondary N) is 1. The summed E-state index contributed by atoms with van der Waals surface area (Å²) in [6.45, 7) is 0.596. The molecule has 5 nitrogen and oxygen atoms in total. The van der Waals surface area contributed by atoms with Gasteiger partial charge in [-0.1, -0.05) is 121 Å². The van der Waals surface area contributed by atoms with Crippen LogP contribution in [0.4, 0.5) is 0 Å². The fourth-order valence-electron chi connectivity index (χ4n) is 4.56. The SMILES string of the molecule is O=C(CSc1nnc(Cc2ccccc2)n1-c1ccccc1)NCCC(c1ccccc1)c1ccccc1.